The minimum atomic E-state index is -0.179. The minimum absolute atomic E-state index is 0.0920. The van der Waals surface area contributed by atoms with Gasteiger partial charge in [0.25, 0.3) is 11.8 Å². The molecule has 0 aliphatic rings. The number of carbonyl (C=O) groups excluding carboxylic acids is 2. The largest absolute Gasteiger partial charge is 0.352 e. The van der Waals surface area contributed by atoms with E-state index in [4.69, 9.17) is 0 Å². The lowest BCUT2D eigenvalue weighted by Crippen LogP contribution is -2.29. The summed E-state index contributed by atoms with van der Waals surface area (Å²) < 4.78 is 0. The number of benzene rings is 2. The van der Waals surface area contributed by atoms with Crippen LogP contribution in [0.5, 0.6) is 0 Å². The fourth-order valence-electron chi connectivity index (χ4n) is 3.74. The number of thiazole rings is 1. The van der Waals surface area contributed by atoms with Crippen molar-refractivity contribution in [2.24, 2.45) is 0 Å². The normalized spacial score (nSPS) is 10.8. The van der Waals surface area contributed by atoms with Gasteiger partial charge in [-0.3, -0.25) is 9.59 Å². The Hall–Kier alpha value is -3.03. The Morgan fingerprint density at radius 1 is 1.03 bits per heavy atom. The van der Waals surface area contributed by atoms with Crippen LogP contribution >= 0.6 is 11.3 Å². The smallest absolute Gasteiger partial charge is 0.253 e. The fraction of sp³-hybridized carbons (Fsp3) is 0.370. The van der Waals surface area contributed by atoms with Gasteiger partial charge < -0.3 is 15.5 Å². The summed E-state index contributed by atoms with van der Waals surface area (Å²) in [4.78, 5) is 31.8. The second-order valence-corrected chi connectivity index (χ2v) is 9.22. The van der Waals surface area contributed by atoms with Crippen LogP contribution in [0.25, 0.3) is 10.6 Å². The highest BCUT2D eigenvalue weighted by atomic mass is 32.1. The molecule has 34 heavy (non-hydrogen) atoms. The predicted octanol–water partition coefficient (Wildman–Crippen LogP) is 4.76. The van der Waals surface area contributed by atoms with Gasteiger partial charge in [0.15, 0.2) is 0 Å². The Kier molecular flexibility index (Phi) is 9.79. The number of nitrogens with zero attached hydrogens (tertiary/aromatic N) is 2. The summed E-state index contributed by atoms with van der Waals surface area (Å²) in [6, 6.07) is 13.9. The maximum Gasteiger partial charge on any atom is 0.253 e. The molecule has 0 unspecified atom stereocenters. The first-order valence-corrected chi connectivity index (χ1v) is 12.8. The van der Waals surface area contributed by atoms with Gasteiger partial charge in [0, 0.05) is 54.9 Å². The Morgan fingerprint density at radius 3 is 2.56 bits per heavy atom. The molecule has 6 nitrogen and oxygen atoms in total. The molecule has 0 spiro atoms. The summed E-state index contributed by atoms with van der Waals surface area (Å²) in [5.41, 5.74) is 4.37. The van der Waals surface area contributed by atoms with Crippen molar-refractivity contribution in [3.05, 3.63) is 76.3 Å². The molecule has 2 N–H and O–H groups in total. The zero-order valence-corrected chi connectivity index (χ0v) is 21.1. The molecule has 2 aromatic carbocycles. The van der Waals surface area contributed by atoms with E-state index in [-0.39, 0.29) is 11.8 Å². The summed E-state index contributed by atoms with van der Waals surface area (Å²) in [6.45, 7) is 7.03. The number of hydrogen-bond donors (Lipinski definition) is 2. The number of carbonyl (C=O) groups is 2. The highest BCUT2D eigenvalue weighted by Gasteiger charge is 2.17. The molecule has 0 aliphatic carbocycles. The van der Waals surface area contributed by atoms with E-state index in [1.54, 1.807) is 24.2 Å². The molecule has 1 heterocycles. The SMILES string of the molecule is CCCN(C)C(=O)c1cc(C(=O)NCCCNCc2cccc(CC)c2)cc(-c2nccs2)c1. The van der Waals surface area contributed by atoms with Gasteiger partial charge in [0.2, 0.25) is 0 Å². The second-order valence-electron chi connectivity index (χ2n) is 8.32. The standard InChI is InChI=1S/C27H34N4O2S/c1-4-13-31(3)27(33)24-17-22(16-23(18-24)26-30-12-14-34-26)25(32)29-11-7-10-28-19-21-9-6-8-20(5-2)15-21/h6,8-9,12,14-18,28H,4-5,7,10-11,13,19H2,1-3H3,(H,29,32). The third-order valence-corrected chi connectivity index (χ3v) is 6.39. The van der Waals surface area contributed by atoms with Crippen molar-refractivity contribution in [3.63, 3.8) is 0 Å². The minimum Gasteiger partial charge on any atom is -0.352 e. The first-order valence-electron chi connectivity index (χ1n) is 11.9. The third kappa shape index (κ3) is 7.23. The van der Waals surface area contributed by atoms with E-state index < -0.39 is 0 Å². The first-order chi connectivity index (χ1) is 16.5. The molecule has 2 amide bonds. The third-order valence-electron chi connectivity index (χ3n) is 5.57. The second kappa shape index (κ2) is 13.0. The van der Waals surface area contributed by atoms with Gasteiger partial charge in [-0.2, -0.15) is 0 Å². The van der Waals surface area contributed by atoms with E-state index in [2.05, 4.69) is 46.8 Å². The van der Waals surface area contributed by atoms with Crippen LogP contribution in [0.3, 0.4) is 0 Å². The predicted molar refractivity (Wildman–Crippen MR) is 139 cm³/mol. The van der Waals surface area contributed by atoms with Crippen molar-refractivity contribution >= 4 is 23.2 Å². The van der Waals surface area contributed by atoms with Gasteiger partial charge in [-0.15, -0.1) is 11.3 Å². The first kappa shape index (κ1) is 25.6. The molecule has 0 radical (unpaired) electrons. The van der Waals surface area contributed by atoms with Crippen molar-refractivity contribution in [3.8, 4) is 10.6 Å². The lowest BCUT2D eigenvalue weighted by molar-refractivity contribution is 0.0795. The van der Waals surface area contributed by atoms with Crippen LogP contribution in [0.15, 0.2) is 54.0 Å². The number of amides is 2. The van der Waals surface area contributed by atoms with Crippen molar-refractivity contribution in [2.45, 2.75) is 39.7 Å². The van der Waals surface area contributed by atoms with E-state index in [0.717, 1.165) is 42.9 Å². The summed E-state index contributed by atoms with van der Waals surface area (Å²) in [5, 5.41) is 9.10. The molecule has 0 bridgehead atoms. The zero-order valence-electron chi connectivity index (χ0n) is 20.3. The molecule has 0 saturated carbocycles. The number of hydrogen-bond acceptors (Lipinski definition) is 5. The Morgan fingerprint density at radius 2 is 1.82 bits per heavy atom. The molecule has 0 atom stereocenters. The quantitative estimate of drug-likeness (QED) is 0.368. The van der Waals surface area contributed by atoms with Gasteiger partial charge in [0.1, 0.15) is 5.01 Å². The molecular weight excluding hydrogens is 444 g/mol. The number of aromatic nitrogens is 1. The van der Waals surface area contributed by atoms with Gasteiger partial charge in [0.05, 0.1) is 0 Å². The fourth-order valence-corrected chi connectivity index (χ4v) is 4.36. The van der Waals surface area contributed by atoms with Crippen molar-refractivity contribution in [1.29, 1.82) is 0 Å². The van der Waals surface area contributed by atoms with Crippen LogP contribution in [0.4, 0.5) is 0 Å². The highest BCUT2D eigenvalue weighted by molar-refractivity contribution is 7.13. The molecule has 0 fully saturated rings. The van der Waals surface area contributed by atoms with Gasteiger partial charge in [-0.05, 0) is 55.1 Å². The maximum absolute atomic E-state index is 12.9. The lowest BCUT2D eigenvalue weighted by Gasteiger charge is -2.17. The number of nitrogens with one attached hydrogen (secondary N) is 2. The van der Waals surface area contributed by atoms with Crippen LogP contribution in [-0.2, 0) is 13.0 Å². The Bertz CT molecular complexity index is 1080. The molecule has 3 aromatic rings. The Labute approximate surface area is 206 Å². The topological polar surface area (TPSA) is 74.3 Å². The summed E-state index contributed by atoms with van der Waals surface area (Å²) >= 11 is 1.49. The maximum atomic E-state index is 12.9. The van der Waals surface area contributed by atoms with E-state index in [1.807, 2.05) is 24.4 Å². The van der Waals surface area contributed by atoms with E-state index >= 15 is 0 Å². The van der Waals surface area contributed by atoms with E-state index in [0.29, 0.717) is 24.2 Å². The molecule has 3 rings (SSSR count). The molecule has 180 valence electrons. The van der Waals surface area contributed by atoms with Gasteiger partial charge >= 0.3 is 0 Å². The lowest BCUT2D eigenvalue weighted by atomic mass is 10.0. The Balaban J connectivity index is 1.58. The molecule has 0 saturated heterocycles. The highest BCUT2D eigenvalue weighted by Crippen LogP contribution is 2.25. The molecule has 7 heteroatoms. The summed E-state index contributed by atoms with van der Waals surface area (Å²) in [7, 11) is 1.78. The van der Waals surface area contributed by atoms with Crippen LogP contribution in [0, 0.1) is 0 Å². The van der Waals surface area contributed by atoms with Gasteiger partial charge in [-0.25, -0.2) is 4.98 Å². The molecular formula is C27H34N4O2S. The van der Waals surface area contributed by atoms with Gasteiger partial charge in [-0.1, -0.05) is 38.1 Å². The average Bonchev–Trinajstić information content (AvgIpc) is 3.40. The van der Waals surface area contributed by atoms with E-state index in [1.165, 1.54) is 22.5 Å². The van der Waals surface area contributed by atoms with Crippen LogP contribution in [0.1, 0.15) is 58.5 Å². The van der Waals surface area contributed by atoms with Crippen LogP contribution < -0.4 is 10.6 Å². The number of aryl methyl sites for hydroxylation is 1. The summed E-state index contributed by atoms with van der Waals surface area (Å²) in [5.74, 6) is -0.271. The number of rotatable bonds is 12. The van der Waals surface area contributed by atoms with Crippen LogP contribution in [-0.4, -0.2) is 48.4 Å². The van der Waals surface area contributed by atoms with Crippen molar-refractivity contribution in [2.75, 3.05) is 26.7 Å². The molecule has 1 aromatic heterocycles. The van der Waals surface area contributed by atoms with E-state index in [9.17, 15) is 9.59 Å². The van der Waals surface area contributed by atoms with Crippen molar-refractivity contribution < 1.29 is 9.59 Å². The summed E-state index contributed by atoms with van der Waals surface area (Å²) in [6.07, 6.45) is 4.45. The average molecular weight is 479 g/mol. The van der Waals surface area contributed by atoms with Crippen molar-refractivity contribution in [1.82, 2.24) is 20.5 Å². The zero-order chi connectivity index (χ0) is 24.3. The monoisotopic (exact) mass is 478 g/mol. The van der Waals surface area contributed by atoms with Crippen LogP contribution in [0.2, 0.25) is 0 Å². The molecule has 0 aliphatic heterocycles.